The highest BCUT2D eigenvalue weighted by molar-refractivity contribution is 7.66. The zero-order valence-corrected chi connectivity index (χ0v) is 17.9. The highest BCUT2D eigenvalue weighted by Gasteiger charge is 2.42. The monoisotopic (exact) mass is 490 g/mol. The Labute approximate surface area is 168 Å². The van der Waals surface area contributed by atoms with Crippen LogP contribution in [0.25, 0.3) is 10.1 Å². The molecule has 2 aromatic rings. The summed E-state index contributed by atoms with van der Waals surface area (Å²) in [6.07, 6.45) is -2.40. The lowest BCUT2D eigenvalue weighted by Gasteiger charge is -2.19. The lowest BCUT2D eigenvalue weighted by molar-refractivity contribution is -0.0211. The van der Waals surface area contributed by atoms with Crippen LogP contribution in [0.1, 0.15) is 17.4 Å². The molecule has 1 aliphatic rings. The molecule has 1 aliphatic heterocycles. The second kappa shape index (κ2) is 8.57. The van der Waals surface area contributed by atoms with Crippen LogP contribution in [0.4, 0.5) is 0 Å². The number of hydrogen-bond donors (Lipinski definition) is 5. The number of ether oxygens (including phenoxy) is 1. The minimum atomic E-state index is -5.59. The fourth-order valence-electron chi connectivity index (χ4n) is 2.69. The molecule has 3 rings (SSSR count). The number of benzene rings is 1. The first-order chi connectivity index (χ1) is 13.3. The van der Waals surface area contributed by atoms with Gasteiger partial charge < -0.3 is 29.4 Å². The van der Waals surface area contributed by atoms with Gasteiger partial charge in [-0.3, -0.25) is 4.52 Å². The number of phosphoric acid groups is 3. The quantitative estimate of drug-likeness (QED) is 0.340. The summed E-state index contributed by atoms with van der Waals surface area (Å²) in [4.78, 5) is 36.4. The summed E-state index contributed by atoms with van der Waals surface area (Å²) in [6, 6.07) is 9.53. The maximum Gasteiger partial charge on any atom is 0.490 e. The van der Waals surface area contributed by atoms with E-state index in [1.807, 2.05) is 30.3 Å². The van der Waals surface area contributed by atoms with Crippen LogP contribution in [0.2, 0.25) is 0 Å². The predicted molar refractivity (Wildman–Crippen MR) is 99.9 cm³/mol. The van der Waals surface area contributed by atoms with E-state index >= 15 is 0 Å². The molecule has 0 aliphatic carbocycles. The molecule has 1 aromatic carbocycles. The second-order valence-electron chi connectivity index (χ2n) is 6.04. The summed E-state index contributed by atoms with van der Waals surface area (Å²) in [7, 11) is -16.3. The van der Waals surface area contributed by atoms with Crippen molar-refractivity contribution in [3.8, 4) is 0 Å². The third kappa shape index (κ3) is 6.49. The summed E-state index contributed by atoms with van der Waals surface area (Å²) < 4.78 is 52.1. The van der Waals surface area contributed by atoms with Crippen LogP contribution in [0.15, 0.2) is 30.3 Å². The summed E-state index contributed by atoms with van der Waals surface area (Å²) in [6.45, 7) is -0.688. The Hall–Kier alpha value is -0.490. The van der Waals surface area contributed by atoms with Gasteiger partial charge >= 0.3 is 23.5 Å². The van der Waals surface area contributed by atoms with Crippen LogP contribution in [0, 0.1) is 0 Å². The van der Waals surface area contributed by atoms with Crippen molar-refractivity contribution in [3.05, 3.63) is 35.2 Å². The highest BCUT2D eigenvalue weighted by atomic mass is 32.1. The third-order valence-electron chi connectivity index (χ3n) is 3.80. The molecule has 12 nitrogen and oxygen atoms in total. The molecule has 0 amide bonds. The van der Waals surface area contributed by atoms with Crippen molar-refractivity contribution >= 4 is 44.9 Å². The maximum absolute atomic E-state index is 11.8. The number of thiophene rings is 1. The standard InChI is InChI=1S/C13H17O12P3S/c14-9-6-10(13-5-8-3-1-2-4-12(8)29-13)23-11(9)7-22-27(18,19)25-28(20,21)24-26(15,16)17/h1-5,9-11,14H,6-7H2,(H,18,19)(H,20,21)(H2,15,16,17)/t9-,10+,11+/m0/s1. The van der Waals surface area contributed by atoms with E-state index < -0.39 is 48.4 Å². The average Bonchev–Trinajstić information content (AvgIpc) is 3.12. The van der Waals surface area contributed by atoms with E-state index in [4.69, 9.17) is 19.4 Å². The van der Waals surface area contributed by atoms with Gasteiger partial charge in [0.15, 0.2) is 0 Å². The Morgan fingerprint density at radius 2 is 1.76 bits per heavy atom. The van der Waals surface area contributed by atoms with Gasteiger partial charge in [-0.15, -0.1) is 11.3 Å². The van der Waals surface area contributed by atoms with Gasteiger partial charge in [-0.2, -0.15) is 8.62 Å². The smallest absolute Gasteiger partial charge is 0.390 e. The van der Waals surface area contributed by atoms with Crippen molar-refractivity contribution < 1.29 is 56.3 Å². The molecular formula is C13H17O12P3S. The van der Waals surface area contributed by atoms with Crippen LogP contribution >= 0.6 is 34.8 Å². The van der Waals surface area contributed by atoms with Crippen molar-refractivity contribution in [2.75, 3.05) is 6.61 Å². The Morgan fingerprint density at radius 3 is 2.41 bits per heavy atom. The number of fused-ring (bicyclic) bond motifs is 1. The molecule has 0 radical (unpaired) electrons. The molecule has 0 bridgehead atoms. The number of phosphoric ester groups is 1. The summed E-state index contributed by atoms with van der Waals surface area (Å²) in [5, 5.41) is 11.1. The van der Waals surface area contributed by atoms with Crippen LogP contribution in [0.3, 0.4) is 0 Å². The molecule has 162 valence electrons. The topological polar surface area (TPSA) is 189 Å². The van der Waals surface area contributed by atoms with Crippen molar-refractivity contribution in [2.24, 2.45) is 0 Å². The number of hydrogen-bond acceptors (Lipinski definition) is 9. The van der Waals surface area contributed by atoms with E-state index in [9.17, 15) is 23.7 Å². The molecule has 2 heterocycles. The van der Waals surface area contributed by atoms with E-state index in [-0.39, 0.29) is 6.42 Å². The zero-order chi connectivity index (χ0) is 21.4. The molecule has 0 saturated carbocycles. The van der Waals surface area contributed by atoms with Crippen LogP contribution < -0.4 is 0 Å². The normalized spacial score (nSPS) is 27.0. The van der Waals surface area contributed by atoms with Crippen molar-refractivity contribution in [2.45, 2.75) is 24.7 Å². The van der Waals surface area contributed by atoms with E-state index in [0.29, 0.717) is 0 Å². The first-order valence-corrected chi connectivity index (χ1v) is 13.3. The van der Waals surface area contributed by atoms with E-state index in [2.05, 4.69) is 13.1 Å². The SMILES string of the molecule is O=P(O)(O)OP(=O)(O)OP(=O)(O)OC[C@H]1O[C@@H](c2cc3ccccc3s2)C[C@@H]1O. The molecule has 1 saturated heterocycles. The molecule has 16 heteroatoms. The van der Waals surface area contributed by atoms with Gasteiger partial charge in [0.25, 0.3) is 0 Å². The van der Waals surface area contributed by atoms with E-state index in [0.717, 1.165) is 15.0 Å². The van der Waals surface area contributed by atoms with Gasteiger partial charge in [0.1, 0.15) is 6.10 Å². The van der Waals surface area contributed by atoms with Crippen LogP contribution in [-0.4, -0.2) is 43.5 Å². The lowest BCUT2D eigenvalue weighted by atomic mass is 10.1. The molecule has 5 atom stereocenters. The fraction of sp³-hybridized carbons (Fsp3) is 0.385. The Bertz CT molecular complexity index is 984. The number of rotatable bonds is 8. The van der Waals surface area contributed by atoms with Crippen molar-refractivity contribution in [1.82, 2.24) is 0 Å². The lowest BCUT2D eigenvalue weighted by Crippen LogP contribution is -2.26. The van der Waals surface area contributed by atoms with Gasteiger partial charge in [-0.25, -0.2) is 13.7 Å². The maximum atomic E-state index is 11.8. The summed E-state index contributed by atoms with van der Waals surface area (Å²) >= 11 is 1.47. The van der Waals surface area contributed by atoms with Crippen molar-refractivity contribution in [3.63, 3.8) is 0 Å². The van der Waals surface area contributed by atoms with Crippen molar-refractivity contribution in [1.29, 1.82) is 0 Å². The number of aliphatic hydroxyl groups excluding tert-OH is 1. The Morgan fingerprint density at radius 1 is 1.07 bits per heavy atom. The largest absolute Gasteiger partial charge is 0.490 e. The fourth-order valence-corrected chi connectivity index (χ4v) is 6.84. The molecule has 5 N–H and O–H groups in total. The summed E-state index contributed by atoms with van der Waals surface area (Å²) in [5.74, 6) is 0. The summed E-state index contributed by atoms with van der Waals surface area (Å²) in [5.41, 5.74) is 0. The molecular weight excluding hydrogens is 473 g/mol. The molecule has 1 aromatic heterocycles. The minimum Gasteiger partial charge on any atom is -0.390 e. The van der Waals surface area contributed by atoms with E-state index in [1.165, 1.54) is 11.3 Å². The Balaban J connectivity index is 1.59. The number of aliphatic hydroxyl groups is 1. The molecule has 0 spiro atoms. The average molecular weight is 490 g/mol. The van der Waals surface area contributed by atoms with Gasteiger partial charge in [0.05, 0.1) is 18.8 Å². The van der Waals surface area contributed by atoms with Gasteiger partial charge in [0, 0.05) is 16.0 Å². The van der Waals surface area contributed by atoms with Gasteiger partial charge in [-0.05, 0) is 17.5 Å². The first kappa shape index (κ1) is 23.2. The molecule has 2 unspecified atom stereocenters. The van der Waals surface area contributed by atoms with Gasteiger partial charge in [-0.1, -0.05) is 18.2 Å². The minimum absolute atomic E-state index is 0.192. The van der Waals surface area contributed by atoms with Crippen LogP contribution in [-0.2, 0) is 31.6 Å². The van der Waals surface area contributed by atoms with E-state index in [1.54, 1.807) is 0 Å². The first-order valence-electron chi connectivity index (χ1n) is 7.94. The third-order valence-corrected chi connectivity index (χ3v) is 8.81. The molecule has 29 heavy (non-hydrogen) atoms. The second-order valence-corrected chi connectivity index (χ2v) is 11.6. The zero-order valence-electron chi connectivity index (χ0n) is 14.4. The highest BCUT2D eigenvalue weighted by Crippen LogP contribution is 2.66. The Kier molecular flexibility index (Phi) is 6.85. The molecule has 1 fully saturated rings. The van der Waals surface area contributed by atoms with Gasteiger partial charge in [0.2, 0.25) is 0 Å². The predicted octanol–water partition coefficient (Wildman–Crippen LogP) is 2.44. The van der Waals surface area contributed by atoms with Crippen LogP contribution in [0.5, 0.6) is 0 Å².